The highest BCUT2D eigenvalue weighted by molar-refractivity contribution is 5.99. The normalized spacial score (nSPS) is 13.7. The number of piperazine rings is 1. The van der Waals surface area contributed by atoms with Crippen LogP contribution < -0.4 is 0 Å². The fraction of sp³-hybridized carbons (Fsp3) is 0.222. The predicted molar refractivity (Wildman–Crippen MR) is 101 cm³/mol. The molecule has 2 aromatic rings. The molecule has 12 nitrogen and oxygen atoms in total. The van der Waals surface area contributed by atoms with Crippen LogP contribution in [0.25, 0.3) is 0 Å². The van der Waals surface area contributed by atoms with Crippen molar-refractivity contribution in [2.45, 2.75) is 0 Å². The lowest BCUT2D eigenvalue weighted by Crippen LogP contribution is -2.50. The Morgan fingerprint density at radius 3 is 1.37 bits per heavy atom. The van der Waals surface area contributed by atoms with Crippen molar-refractivity contribution in [3.05, 3.63) is 67.8 Å². The van der Waals surface area contributed by atoms with Gasteiger partial charge in [-0.1, -0.05) is 0 Å². The van der Waals surface area contributed by atoms with Gasteiger partial charge in [0.05, 0.1) is 21.0 Å². The Balaban J connectivity index is 1.72. The molecule has 0 unspecified atom stereocenters. The summed E-state index contributed by atoms with van der Waals surface area (Å²) in [7, 11) is 0. The third-order valence-corrected chi connectivity index (χ3v) is 4.70. The van der Waals surface area contributed by atoms with Crippen molar-refractivity contribution in [1.82, 2.24) is 9.80 Å². The summed E-state index contributed by atoms with van der Waals surface area (Å²) < 4.78 is 0. The lowest BCUT2D eigenvalue weighted by Gasteiger charge is -2.35. The van der Waals surface area contributed by atoms with Gasteiger partial charge in [-0.3, -0.25) is 29.8 Å². The van der Waals surface area contributed by atoms with Gasteiger partial charge in [0.2, 0.25) is 0 Å². The van der Waals surface area contributed by atoms with E-state index in [4.69, 9.17) is 0 Å². The molecule has 1 heterocycles. The molecule has 0 aliphatic carbocycles. The third kappa shape index (κ3) is 3.97. The lowest BCUT2D eigenvalue weighted by atomic mass is 10.1. The van der Waals surface area contributed by atoms with Gasteiger partial charge in [0, 0.05) is 50.4 Å². The van der Waals surface area contributed by atoms with Crippen LogP contribution in [0.4, 0.5) is 11.4 Å². The number of nitro benzene ring substituents is 2. The second kappa shape index (κ2) is 8.03. The first kappa shape index (κ1) is 20.5. The van der Waals surface area contributed by atoms with E-state index in [2.05, 4.69) is 0 Å². The molecule has 0 bridgehead atoms. The molecule has 156 valence electrons. The van der Waals surface area contributed by atoms with Crippen LogP contribution in [0.3, 0.4) is 0 Å². The molecular formula is C18H16N4O8. The SMILES string of the molecule is O=C(c1cc([N+](=O)[O-])ccc1O)N1CCN(C(=O)c2cc([N+](=O)[O-])ccc2O)CC1. The van der Waals surface area contributed by atoms with E-state index in [-0.39, 0.29) is 48.7 Å². The van der Waals surface area contributed by atoms with Crippen LogP contribution in [-0.4, -0.2) is 67.9 Å². The van der Waals surface area contributed by atoms with Gasteiger partial charge in [-0.2, -0.15) is 0 Å². The second-order valence-corrected chi connectivity index (χ2v) is 6.50. The van der Waals surface area contributed by atoms with Crippen molar-refractivity contribution >= 4 is 23.2 Å². The van der Waals surface area contributed by atoms with E-state index in [9.17, 15) is 40.0 Å². The zero-order valence-corrected chi connectivity index (χ0v) is 15.4. The Kier molecular flexibility index (Phi) is 5.49. The number of phenolic OH excluding ortho intramolecular Hbond substituents is 2. The topological polar surface area (TPSA) is 167 Å². The maximum absolute atomic E-state index is 12.6. The van der Waals surface area contributed by atoms with Crippen molar-refractivity contribution in [2.24, 2.45) is 0 Å². The second-order valence-electron chi connectivity index (χ2n) is 6.50. The molecule has 1 fully saturated rings. The maximum atomic E-state index is 12.6. The van der Waals surface area contributed by atoms with E-state index in [0.29, 0.717) is 0 Å². The van der Waals surface area contributed by atoms with Gasteiger partial charge in [-0.25, -0.2) is 0 Å². The standard InChI is InChI=1S/C18H16N4O8/c23-15-3-1-11(21(27)28)9-13(15)17(25)19-5-7-20(8-6-19)18(26)14-10-12(22(29)30)2-4-16(14)24/h1-4,9-10,23-24H,5-8H2. The Labute approximate surface area is 168 Å². The van der Waals surface area contributed by atoms with Crippen molar-refractivity contribution in [2.75, 3.05) is 26.2 Å². The minimum absolute atomic E-state index is 0.0718. The predicted octanol–water partition coefficient (Wildman–Crippen LogP) is 1.51. The molecule has 0 spiro atoms. The molecule has 0 aromatic heterocycles. The van der Waals surface area contributed by atoms with Gasteiger partial charge in [0.15, 0.2) is 0 Å². The Hall–Kier alpha value is -4.22. The highest BCUT2D eigenvalue weighted by Gasteiger charge is 2.29. The molecule has 2 aromatic carbocycles. The van der Waals surface area contributed by atoms with E-state index < -0.39 is 33.2 Å². The first-order chi connectivity index (χ1) is 14.2. The molecule has 3 rings (SSSR count). The van der Waals surface area contributed by atoms with Gasteiger partial charge in [0.1, 0.15) is 11.5 Å². The highest BCUT2D eigenvalue weighted by atomic mass is 16.6. The largest absolute Gasteiger partial charge is 0.507 e. The fourth-order valence-corrected chi connectivity index (χ4v) is 3.07. The van der Waals surface area contributed by atoms with Crippen LogP contribution in [0.1, 0.15) is 20.7 Å². The van der Waals surface area contributed by atoms with Crippen LogP contribution in [0.5, 0.6) is 11.5 Å². The molecule has 1 aliphatic rings. The van der Waals surface area contributed by atoms with Crippen molar-refractivity contribution in [3.8, 4) is 11.5 Å². The molecule has 0 radical (unpaired) electrons. The summed E-state index contributed by atoms with van der Waals surface area (Å²) in [6, 6.07) is 6.25. The molecule has 12 heteroatoms. The van der Waals surface area contributed by atoms with E-state index in [0.717, 1.165) is 36.4 Å². The Morgan fingerprint density at radius 1 is 0.733 bits per heavy atom. The average Bonchev–Trinajstić information content (AvgIpc) is 2.73. The maximum Gasteiger partial charge on any atom is 0.270 e. The van der Waals surface area contributed by atoms with Gasteiger partial charge in [-0.15, -0.1) is 0 Å². The summed E-state index contributed by atoms with van der Waals surface area (Å²) in [5, 5.41) is 41.6. The van der Waals surface area contributed by atoms with Crippen molar-refractivity contribution in [1.29, 1.82) is 0 Å². The summed E-state index contributed by atoms with van der Waals surface area (Å²) in [4.78, 5) is 48.4. The van der Waals surface area contributed by atoms with Crippen molar-refractivity contribution in [3.63, 3.8) is 0 Å². The minimum atomic E-state index is -0.682. The number of carbonyl (C=O) groups is 2. The number of hydrogen-bond donors (Lipinski definition) is 2. The van der Waals surface area contributed by atoms with Crippen LogP contribution in [0.2, 0.25) is 0 Å². The van der Waals surface area contributed by atoms with E-state index in [1.807, 2.05) is 0 Å². The number of non-ortho nitro benzene ring substituents is 2. The zero-order chi connectivity index (χ0) is 22.0. The Morgan fingerprint density at radius 2 is 1.07 bits per heavy atom. The number of amides is 2. The molecule has 0 saturated carbocycles. The smallest absolute Gasteiger partial charge is 0.270 e. The summed E-state index contributed by atoms with van der Waals surface area (Å²) in [5.41, 5.74) is -1.13. The number of aromatic hydroxyl groups is 2. The Bertz CT molecular complexity index is 963. The van der Waals surface area contributed by atoms with Gasteiger partial charge in [-0.05, 0) is 12.1 Å². The number of nitrogens with zero attached hydrogens (tertiary/aromatic N) is 4. The van der Waals surface area contributed by atoms with Gasteiger partial charge >= 0.3 is 0 Å². The molecular weight excluding hydrogens is 400 g/mol. The first-order valence-corrected chi connectivity index (χ1v) is 8.72. The number of carbonyl (C=O) groups excluding carboxylic acids is 2. The summed E-state index contributed by atoms with van der Waals surface area (Å²) >= 11 is 0. The molecule has 30 heavy (non-hydrogen) atoms. The van der Waals surface area contributed by atoms with Gasteiger partial charge < -0.3 is 20.0 Å². The number of rotatable bonds is 4. The van der Waals surface area contributed by atoms with E-state index in [1.54, 1.807) is 0 Å². The van der Waals surface area contributed by atoms with Crippen LogP contribution in [0, 0.1) is 20.2 Å². The highest BCUT2D eigenvalue weighted by Crippen LogP contribution is 2.27. The first-order valence-electron chi connectivity index (χ1n) is 8.72. The van der Waals surface area contributed by atoms with E-state index in [1.165, 1.54) is 9.80 Å². The van der Waals surface area contributed by atoms with Crippen LogP contribution in [0.15, 0.2) is 36.4 Å². The average molecular weight is 416 g/mol. The molecule has 0 atom stereocenters. The van der Waals surface area contributed by atoms with Crippen LogP contribution in [-0.2, 0) is 0 Å². The van der Waals surface area contributed by atoms with Crippen LogP contribution >= 0.6 is 0 Å². The fourth-order valence-electron chi connectivity index (χ4n) is 3.07. The zero-order valence-electron chi connectivity index (χ0n) is 15.4. The summed E-state index contributed by atoms with van der Waals surface area (Å²) in [6.07, 6.45) is 0. The summed E-state index contributed by atoms with van der Waals surface area (Å²) in [5.74, 6) is -2.04. The van der Waals surface area contributed by atoms with Gasteiger partial charge in [0.25, 0.3) is 23.2 Å². The monoisotopic (exact) mass is 416 g/mol. The third-order valence-electron chi connectivity index (χ3n) is 4.70. The molecule has 2 amide bonds. The van der Waals surface area contributed by atoms with E-state index >= 15 is 0 Å². The number of nitro groups is 2. The molecule has 2 N–H and O–H groups in total. The minimum Gasteiger partial charge on any atom is -0.507 e. The molecule has 1 saturated heterocycles. The van der Waals surface area contributed by atoms with Crippen molar-refractivity contribution < 1.29 is 29.6 Å². The lowest BCUT2D eigenvalue weighted by molar-refractivity contribution is -0.385. The quantitative estimate of drug-likeness (QED) is 0.558. The summed E-state index contributed by atoms with van der Waals surface area (Å²) in [6.45, 7) is 0.287. The molecule has 1 aliphatic heterocycles. The number of benzene rings is 2. The number of phenols is 2. The number of hydrogen-bond acceptors (Lipinski definition) is 8.